The third-order valence-electron chi connectivity index (χ3n) is 2.58. The van der Waals surface area contributed by atoms with E-state index in [0.29, 0.717) is 17.3 Å². The Morgan fingerprint density at radius 2 is 2.06 bits per heavy atom. The van der Waals surface area contributed by atoms with Crippen molar-refractivity contribution in [2.24, 2.45) is 0 Å². The molecule has 1 aromatic carbocycles. The second-order valence-corrected chi connectivity index (χ2v) is 4.20. The van der Waals surface area contributed by atoms with Crippen LogP contribution in [0.25, 0.3) is 0 Å². The number of furan rings is 1. The minimum atomic E-state index is -0.204. The Hall–Kier alpha value is -1.32. The van der Waals surface area contributed by atoms with Gasteiger partial charge in [-0.3, -0.25) is 0 Å². The first kappa shape index (κ1) is 12.1. The maximum atomic E-state index is 13.5. The van der Waals surface area contributed by atoms with Crippen molar-refractivity contribution in [1.82, 2.24) is 5.32 Å². The van der Waals surface area contributed by atoms with Crippen molar-refractivity contribution < 1.29 is 8.81 Å². The summed E-state index contributed by atoms with van der Waals surface area (Å²) in [6.07, 6.45) is 0. The topological polar surface area (TPSA) is 25.2 Å². The predicted molar refractivity (Wildman–Crippen MR) is 65.4 cm³/mol. The van der Waals surface area contributed by atoms with Gasteiger partial charge in [0.25, 0.3) is 0 Å². The lowest BCUT2D eigenvalue weighted by Gasteiger charge is -2.13. The van der Waals surface area contributed by atoms with Gasteiger partial charge in [0.1, 0.15) is 11.6 Å². The van der Waals surface area contributed by atoms with Crippen molar-refractivity contribution in [3.05, 3.63) is 58.8 Å². The van der Waals surface area contributed by atoms with E-state index in [2.05, 4.69) is 5.32 Å². The standard InChI is InChI=1S/C13H13ClFNO/c1-9(11-4-2-3-5-12(11)15)16-8-10-6-7-13(14)17-10/h2-7,9,16H,8H2,1H3/t9-/m1/s1. The summed E-state index contributed by atoms with van der Waals surface area (Å²) in [5.41, 5.74) is 0.644. The molecule has 4 heteroatoms. The Labute approximate surface area is 104 Å². The van der Waals surface area contributed by atoms with Gasteiger partial charge >= 0.3 is 0 Å². The quantitative estimate of drug-likeness (QED) is 0.893. The van der Waals surface area contributed by atoms with Crippen LogP contribution in [0.1, 0.15) is 24.3 Å². The molecule has 1 heterocycles. The molecule has 90 valence electrons. The van der Waals surface area contributed by atoms with Crippen molar-refractivity contribution in [1.29, 1.82) is 0 Å². The monoisotopic (exact) mass is 253 g/mol. The highest BCUT2D eigenvalue weighted by molar-refractivity contribution is 6.28. The van der Waals surface area contributed by atoms with Gasteiger partial charge in [0.15, 0.2) is 5.22 Å². The molecular formula is C13H13ClFNO. The van der Waals surface area contributed by atoms with Gasteiger partial charge in [0.2, 0.25) is 0 Å². The molecule has 0 bridgehead atoms. The predicted octanol–water partition coefficient (Wildman–Crippen LogP) is 3.92. The first-order chi connectivity index (χ1) is 8.16. The summed E-state index contributed by atoms with van der Waals surface area (Å²) in [6.45, 7) is 2.42. The van der Waals surface area contributed by atoms with E-state index in [9.17, 15) is 4.39 Å². The minimum absolute atomic E-state index is 0.0833. The zero-order chi connectivity index (χ0) is 12.3. The van der Waals surface area contributed by atoms with Crippen molar-refractivity contribution in [2.75, 3.05) is 0 Å². The molecule has 1 aromatic heterocycles. The van der Waals surface area contributed by atoms with Gasteiger partial charge in [-0.1, -0.05) is 18.2 Å². The molecule has 17 heavy (non-hydrogen) atoms. The molecule has 0 saturated heterocycles. The third kappa shape index (κ3) is 3.08. The van der Waals surface area contributed by atoms with Crippen molar-refractivity contribution in [2.45, 2.75) is 19.5 Å². The van der Waals surface area contributed by atoms with Crippen LogP contribution in [0.4, 0.5) is 4.39 Å². The van der Waals surface area contributed by atoms with Crippen molar-refractivity contribution in [3.8, 4) is 0 Å². The van der Waals surface area contributed by atoms with Gasteiger partial charge in [-0.15, -0.1) is 0 Å². The van der Waals surface area contributed by atoms with E-state index in [1.54, 1.807) is 24.3 Å². The van der Waals surface area contributed by atoms with E-state index in [-0.39, 0.29) is 11.9 Å². The molecule has 0 radical (unpaired) electrons. The summed E-state index contributed by atoms with van der Waals surface area (Å²) in [6, 6.07) is 10.1. The van der Waals surface area contributed by atoms with Crippen LogP contribution in [0.3, 0.4) is 0 Å². The first-order valence-corrected chi connectivity index (χ1v) is 5.76. The molecule has 1 atom stereocenters. The van der Waals surface area contributed by atoms with Crippen LogP contribution in [0, 0.1) is 5.82 Å². The summed E-state index contributed by atoms with van der Waals surface area (Å²) in [5.74, 6) is 0.531. The highest BCUT2D eigenvalue weighted by atomic mass is 35.5. The van der Waals surface area contributed by atoms with Crippen LogP contribution in [0.5, 0.6) is 0 Å². The SMILES string of the molecule is C[C@@H](NCc1ccc(Cl)o1)c1ccccc1F. The van der Waals surface area contributed by atoms with Crippen LogP contribution in [-0.2, 0) is 6.54 Å². The molecule has 2 nitrogen and oxygen atoms in total. The second kappa shape index (κ2) is 5.34. The van der Waals surface area contributed by atoms with Gasteiger partial charge in [-0.2, -0.15) is 0 Å². The van der Waals surface area contributed by atoms with Gasteiger partial charge in [0.05, 0.1) is 6.54 Å². The average molecular weight is 254 g/mol. The van der Waals surface area contributed by atoms with Crippen LogP contribution in [0.2, 0.25) is 5.22 Å². The van der Waals surface area contributed by atoms with Crippen LogP contribution < -0.4 is 5.32 Å². The minimum Gasteiger partial charge on any atom is -0.448 e. The lowest BCUT2D eigenvalue weighted by atomic mass is 10.1. The first-order valence-electron chi connectivity index (χ1n) is 5.39. The molecule has 2 aromatic rings. The summed E-state index contributed by atoms with van der Waals surface area (Å²) in [7, 11) is 0. The summed E-state index contributed by atoms with van der Waals surface area (Å²) >= 11 is 5.66. The number of halogens is 2. The zero-order valence-electron chi connectivity index (χ0n) is 9.41. The third-order valence-corrected chi connectivity index (χ3v) is 2.79. The number of benzene rings is 1. The fourth-order valence-electron chi connectivity index (χ4n) is 1.64. The van der Waals surface area contributed by atoms with Crippen molar-refractivity contribution in [3.63, 3.8) is 0 Å². The fourth-order valence-corrected chi connectivity index (χ4v) is 1.80. The zero-order valence-corrected chi connectivity index (χ0v) is 10.2. The maximum Gasteiger partial charge on any atom is 0.193 e. The van der Waals surface area contributed by atoms with Gasteiger partial charge in [-0.25, -0.2) is 4.39 Å². The van der Waals surface area contributed by atoms with E-state index in [1.165, 1.54) is 6.07 Å². The fraction of sp³-hybridized carbons (Fsp3) is 0.231. The smallest absolute Gasteiger partial charge is 0.193 e. The lowest BCUT2D eigenvalue weighted by Crippen LogP contribution is -2.18. The number of hydrogen-bond acceptors (Lipinski definition) is 2. The Morgan fingerprint density at radius 1 is 1.29 bits per heavy atom. The van der Waals surface area contributed by atoms with Gasteiger partial charge in [-0.05, 0) is 36.7 Å². The molecule has 2 rings (SSSR count). The highest BCUT2D eigenvalue weighted by Gasteiger charge is 2.10. The summed E-state index contributed by atoms with van der Waals surface area (Å²) in [5, 5.41) is 3.54. The molecule has 0 fully saturated rings. The van der Waals surface area contributed by atoms with E-state index in [4.69, 9.17) is 16.0 Å². The van der Waals surface area contributed by atoms with Crippen molar-refractivity contribution >= 4 is 11.6 Å². The Bertz CT molecular complexity index is 498. The maximum absolute atomic E-state index is 13.5. The number of nitrogens with one attached hydrogen (secondary N) is 1. The van der Waals surface area contributed by atoms with E-state index >= 15 is 0 Å². The molecule has 0 amide bonds. The summed E-state index contributed by atoms with van der Waals surface area (Å²) < 4.78 is 18.7. The molecule has 1 N–H and O–H groups in total. The van der Waals surface area contributed by atoms with E-state index in [0.717, 1.165) is 5.76 Å². The summed E-state index contributed by atoms with van der Waals surface area (Å²) in [4.78, 5) is 0. The molecule has 0 spiro atoms. The Morgan fingerprint density at radius 3 is 2.71 bits per heavy atom. The Balaban J connectivity index is 1.98. The van der Waals surface area contributed by atoms with Gasteiger partial charge in [0, 0.05) is 11.6 Å². The van der Waals surface area contributed by atoms with E-state index < -0.39 is 0 Å². The second-order valence-electron chi connectivity index (χ2n) is 3.83. The van der Waals surface area contributed by atoms with Gasteiger partial charge < -0.3 is 9.73 Å². The molecule has 0 aliphatic rings. The largest absolute Gasteiger partial charge is 0.448 e. The van der Waals surface area contributed by atoms with E-state index in [1.807, 2.05) is 13.0 Å². The Kier molecular flexibility index (Phi) is 3.82. The lowest BCUT2D eigenvalue weighted by molar-refractivity contribution is 0.454. The molecular weight excluding hydrogens is 241 g/mol. The molecule has 0 saturated carbocycles. The highest BCUT2D eigenvalue weighted by Crippen LogP contribution is 2.18. The molecule has 0 aliphatic carbocycles. The normalized spacial score (nSPS) is 12.6. The van der Waals surface area contributed by atoms with Crippen LogP contribution in [0.15, 0.2) is 40.8 Å². The van der Waals surface area contributed by atoms with Crippen LogP contribution in [-0.4, -0.2) is 0 Å². The van der Waals surface area contributed by atoms with Crippen LogP contribution >= 0.6 is 11.6 Å². The molecule has 0 aliphatic heterocycles. The number of hydrogen-bond donors (Lipinski definition) is 1. The number of rotatable bonds is 4. The molecule has 0 unspecified atom stereocenters. The average Bonchev–Trinajstić information content (AvgIpc) is 2.73.